The number of carbonyl (C=O) groups excluding carboxylic acids is 2. The summed E-state index contributed by atoms with van der Waals surface area (Å²) in [4.78, 5) is 21.0. The Bertz CT molecular complexity index is 386. The lowest BCUT2D eigenvalue weighted by molar-refractivity contribution is -0.119. The van der Waals surface area contributed by atoms with E-state index >= 15 is 0 Å². The summed E-state index contributed by atoms with van der Waals surface area (Å²) in [6, 6.07) is 0. The first-order valence-electron chi connectivity index (χ1n) is 14.1. The van der Waals surface area contributed by atoms with Crippen LogP contribution in [0.25, 0.3) is 0 Å². The first kappa shape index (κ1) is 33.1. The van der Waals surface area contributed by atoms with Crippen LogP contribution in [-0.2, 0) is 9.59 Å². The zero-order valence-corrected chi connectivity index (χ0v) is 21.9. The Morgan fingerprint density at radius 1 is 0.375 bits per heavy atom. The number of hydrogen-bond donors (Lipinski definition) is 2. The fraction of sp³-hybridized carbons (Fsp3) is 0.929. The molecule has 4 nitrogen and oxygen atoms in total. The Labute approximate surface area is 201 Å². The fourth-order valence-corrected chi connectivity index (χ4v) is 3.93. The molecule has 2 amide bonds. The van der Waals surface area contributed by atoms with Crippen LogP contribution in [0.15, 0.2) is 0 Å². The molecule has 0 heterocycles. The molecule has 0 aromatic rings. The van der Waals surface area contributed by atoms with E-state index in [0.29, 0.717) is 12.8 Å². The van der Waals surface area contributed by atoms with Crippen molar-refractivity contribution >= 4 is 11.8 Å². The maximum absolute atomic E-state index is 10.5. The third-order valence-electron chi connectivity index (χ3n) is 6.05. The number of carbonyl (C=O) groups is 2. The molecule has 0 saturated heterocycles. The highest BCUT2D eigenvalue weighted by Crippen LogP contribution is 2.13. The van der Waals surface area contributed by atoms with Gasteiger partial charge in [-0.05, 0) is 12.8 Å². The van der Waals surface area contributed by atoms with Crippen molar-refractivity contribution in [2.24, 2.45) is 11.5 Å². The van der Waals surface area contributed by atoms with E-state index in [9.17, 15) is 9.59 Å². The lowest BCUT2D eigenvalue weighted by Crippen LogP contribution is -2.09. The first-order chi connectivity index (χ1) is 15.5. The minimum absolute atomic E-state index is 0.155. The number of unbranched alkanes of at least 4 members (excludes halogenated alkanes) is 20. The highest BCUT2D eigenvalue weighted by molar-refractivity contribution is 5.73. The Kier molecular flexibility index (Phi) is 31.0. The summed E-state index contributed by atoms with van der Waals surface area (Å²) >= 11 is 0. The molecule has 0 aliphatic carbocycles. The zero-order valence-electron chi connectivity index (χ0n) is 21.9. The lowest BCUT2D eigenvalue weighted by Gasteiger charge is -2.02. The molecule has 0 aliphatic heterocycles. The van der Waals surface area contributed by atoms with Crippen LogP contribution in [0, 0.1) is 0 Å². The molecule has 0 rings (SSSR count). The summed E-state index contributed by atoms with van der Waals surface area (Å²) < 4.78 is 0. The average Bonchev–Trinajstić information content (AvgIpc) is 2.76. The van der Waals surface area contributed by atoms with E-state index in [1.54, 1.807) is 0 Å². The molecule has 0 aliphatic rings. The predicted molar refractivity (Wildman–Crippen MR) is 141 cm³/mol. The summed E-state index contributed by atoms with van der Waals surface area (Å²) in [6.07, 6.45) is 30.0. The Morgan fingerprint density at radius 2 is 0.562 bits per heavy atom. The van der Waals surface area contributed by atoms with Crippen molar-refractivity contribution in [2.75, 3.05) is 0 Å². The van der Waals surface area contributed by atoms with Crippen LogP contribution in [0.3, 0.4) is 0 Å². The fourth-order valence-electron chi connectivity index (χ4n) is 3.93. The smallest absolute Gasteiger partial charge is 0.217 e. The van der Waals surface area contributed by atoms with Gasteiger partial charge in [-0.3, -0.25) is 9.59 Å². The second-order valence-corrected chi connectivity index (χ2v) is 9.50. The van der Waals surface area contributed by atoms with Crippen LogP contribution < -0.4 is 11.5 Å². The molecular weight excluding hydrogens is 396 g/mol. The van der Waals surface area contributed by atoms with Crippen LogP contribution in [0.4, 0.5) is 0 Å². The van der Waals surface area contributed by atoms with Gasteiger partial charge in [-0.1, -0.05) is 142 Å². The van der Waals surface area contributed by atoms with Gasteiger partial charge in [0.25, 0.3) is 0 Å². The zero-order chi connectivity index (χ0) is 24.1. The van der Waals surface area contributed by atoms with Gasteiger partial charge in [0.2, 0.25) is 11.8 Å². The van der Waals surface area contributed by atoms with Gasteiger partial charge in [-0.15, -0.1) is 0 Å². The van der Waals surface area contributed by atoms with Gasteiger partial charge in [0.1, 0.15) is 0 Å². The number of nitrogens with two attached hydrogens (primary N) is 2. The van der Waals surface area contributed by atoms with Crippen LogP contribution in [0.5, 0.6) is 0 Å². The second kappa shape index (κ2) is 29.9. The van der Waals surface area contributed by atoms with Crippen LogP contribution >= 0.6 is 0 Å². The van der Waals surface area contributed by atoms with E-state index in [4.69, 9.17) is 11.5 Å². The van der Waals surface area contributed by atoms with Gasteiger partial charge in [-0.2, -0.15) is 0 Å². The molecule has 32 heavy (non-hydrogen) atoms. The molecule has 0 aromatic carbocycles. The molecule has 0 aromatic heterocycles. The maximum Gasteiger partial charge on any atom is 0.217 e. The average molecular weight is 455 g/mol. The predicted octanol–water partition coefficient (Wildman–Crippen LogP) is 8.35. The highest BCUT2D eigenvalue weighted by Gasteiger charge is 1.96. The SMILES string of the molecule is CCCCCCCCCCCC(N)=O.CCCCCCCCCCCCCCCC(N)=O. The van der Waals surface area contributed by atoms with Crippen LogP contribution in [0.1, 0.15) is 168 Å². The quantitative estimate of drug-likeness (QED) is 0.144. The van der Waals surface area contributed by atoms with E-state index in [-0.39, 0.29) is 11.8 Å². The summed E-state index contributed by atoms with van der Waals surface area (Å²) in [5.74, 6) is -0.314. The third-order valence-corrected chi connectivity index (χ3v) is 6.05. The summed E-state index contributed by atoms with van der Waals surface area (Å²) in [5.41, 5.74) is 10.1. The number of rotatable bonds is 24. The van der Waals surface area contributed by atoms with Crippen molar-refractivity contribution in [3.63, 3.8) is 0 Å². The van der Waals surface area contributed by atoms with Crippen molar-refractivity contribution in [1.82, 2.24) is 0 Å². The van der Waals surface area contributed by atoms with Crippen molar-refractivity contribution in [2.45, 2.75) is 168 Å². The number of amides is 2. The Hall–Kier alpha value is -1.06. The van der Waals surface area contributed by atoms with E-state index in [2.05, 4.69) is 13.8 Å². The van der Waals surface area contributed by atoms with Gasteiger partial charge in [0.05, 0.1) is 0 Å². The monoisotopic (exact) mass is 454 g/mol. The van der Waals surface area contributed by atoms with Crippen molar-refractivity contribution in [3.8, 4) is 0 Å². The molecule has 0 bridgehead atoms. The molecule has 0 unspecified atom stereocenters. The van der Waals surface area contributed by atoms with Crippen molar-refractivity contribution in [1.29, 1.82) is 0 Å². The molecular formula is C28H58N2O2. The molecule has 192 valence electrons. The minimum atomic E-state index is -0.159. The van der Waals surface area contributed by atoms with Gasteiger partial charge in [0, 0.05) is 12.8 Å². The topological polar surface area (TPSA) is 86.2 Å². The summed E-state index contributed by atoms with van der Waals surface area (Å²) in [6.45, 7) is 4.51. The summed E-state index contributed by atoms with van der Waals surface area (Å²) in [7, 11) is 0. The number of hydrogen-bond acceptors (Lipinski definition) is 2. The molecule has 0 spiro atoms. The molecule has 0 fully saturated rings. The van der Waals surface area contributed by atoms with Crippen LogP contribution in [-0.4, -0.2) is 11.8 Å². The minimum Gasteiger partial charge on any atom is -0.370 e. The highest BCUT2D eigenvalue weighted by atomic mass is 16.1. The third kappa shape index (κ3) is 36.3. The van der Waals surface area contributed by atoms with Crippen molar-refractivity contribution in [3.05, 3.63) is 0 Å². The van der Waals surface area contributed by atoms with Gasteiger partial charge in [0.15, 0.2) is 0 Å². The molecule has 0 radical (unpaired) electrons. The first-order valence-corrected chi connectivity index (χ1v) is 14.1. The van der Waals surface area contributed by atoms with E-state index in [0.717, 1.165) is 19.3 Å². The van der Waals surface area contributed by atoms with Gasteiger partial charge in [-0.25, -0.2) is 0 Å². The number of primary amides is 2. The standard InChI is InChI=1S/C16H33NO.C12H25NO/c1-2-3-4-5-6-7-8-9-10-11-12-13-14-15-16(17)18;1-2-3-4-5-6-7-8-9-10-11-12(13)14/h2-15H2,1H3,(H2,17,18);2-11H2,1H3,(H2,13,14). The molecule has 0 atom stereocenters. The molecule has 0 saturated carbocycles. The normalized spacial score (nSPS) is 10.6. The van der Waals surface area contributed by atoms with E-state index in [1.165, 1.54) is 122 Å². The summed E-state index contributed by atoms with van der Waals surface area (Å²) in [5, 5.41) is 0. The van der Waals surface area contributed by atoms with Gasteiger partial charge < -0.3 is 11.5 Å². The molecule has 4 N–H and O–H groups in total. The Morgan fingerprint density at radius 3 is 0.750 bits per heavy atom. The second-order valence-electron chi connectivity index (χ2n) is 9.50. The van der Waals surface area contributed by atoms with Crippen molar-refractivity contribution < 1.29 is 9.59 Å². The molecule has 4 heteroatoms. The Balaban J connectivity index is 0. The lowest BCUT2D eigenvalue weighted by atomic mass is 10.0. The van der Waals surface area contributed by atoms with E-state index in [1.807, 2.05) is 0 Å². The van der Waals surface area contributed by atoms with Gasteiger partial charge >= 0.3 is 0 Å². The maximum atomic E-state index is 10.5. The van der Waals surface area contributed by atoms with E-state index < -0.39 is 0 Å². The largest absolute Gasteiger partial charge is 0.370 e. The van der Waals surface area contributed by atoms with Crippen LogP contribution in [0.2, 0.25) is 0 Å².